The van der Waals surface area contributed by atoms with Crippen molar-refractivity contribution in [2.45, 2.75) is 6.92 Å². The van der Waals surface area contributed by atoms with E-state index >= 15 is 0 Å². The molecule has 0 bridgehead atoms. The molecule has 1 unspecified atom stereocenters. The summed E-state index contributed by atoms with van der Waals surface area (Å²) in [6.07, 6.45) is 0. The summed E-state index contributed by atoms with van der Waals surface area (Å²) in [6, 6.07) is 19.5. The fourth-order valence-corrected chi connectivity index (χ4v) is 5.59. The molecule has 7 heteroatoms. The molecule has 29 heavy (non-hydrogen) atoms. The van der Waals surface area contributed by atoms with Crippen LogP contribution in [0.2, 0.25) is 10.0 Å². The number of rotatable bonds is 7. The summed E-state index contributed by atoms with van der Waals surface area (Å²) in [6.45, 7) is 1.69. The predicted molar refractivity (Wildman–Crippen MR) is 116 cm³/mol. The van der Waals surface area contributed by atoms with Gasteiger partial charge in [-0.2, -0.15) is 0 Å². The molecule has 1 atom stereocenters. The van der Waals surface area contributed by atoms with Crippen LogP contribution in [0, 0.1) is 0 Å². The standard InChI is InChI=1S/C22H17Cl2O4P/c1-2-28-29(27,16-11-7-4-8-12-16)22(26)19-18(23)14-13-17(20(19)24)21(25)15-9-5-3-6-10-15/h3-14H,2H2,1H3. The maximum absolute atomic E-state index is 13.6. The van der Waals surface area contributed by atoms with Crippen LogP contribution in [0.25, 0.3) is 0 Å². The summed E-state index contributed by atoms with van der Waals surface area (Å²) < 4.78 is 19.0. The molecule has 148 valence electrons. The van der Waals surface area contributed by atoms with Crippen LogP contribution in [0.3, 0.4) is 0 Å². The van der Waals surface area contributed by atoms with E-state index in [0.29, 0.717) is 5.56 Å². The zero-order valence-electron chi connectivity index (χ0n) is 15.5. The van der Waals surface area contributed by atoms with Crippen LogP contribution in [0.5, 0.6) is 0 Å². The first-order valence-electron chi connectivity index (χ1n) is 8.83. The minimum absolute atomic E-state index is 0.000436. The van der Waals surface area contributed by atoms with Crippen molar-refractivity contribution < 1.29 is 18.7 Å². The predicted octanol–water partition coefficient (Wildman–Crippen LogP) is 6.00. The van der Waals surface area contributed by atoms with Gasteiger partial charge in [-0.05, 0) is 31.2 Å². The summed E-state index contributed by atoms with van der Waals surface area (Å²) >= 11 is 12.7. The fourth-order valence-electron chi connectivity index (χ4n) is 2.87. The number of hydrogen-bond donors (Lipinski definition) is 0. The molecule has 0 aliphatic heterocycles. The largest absolute Gasteiger partial charge is 0.320 e. The molecule has 0 aliphatic rings. The summed E-state index contributed by atoms with van der Waals surface area (Å²) in [4.78, 5) is 26.2. The third-order valence-electron chi connectivity index (χ3n) is 4.26. The molecule has 3 rings (SSSR count). The molecule has 0 radical (unpaired) electrons. The molecule has 0 aliphatic carbocycles. The second-order valence-electron chi connectivity index (χ2n) is 6.09. The van der Waals surface area contributed by atoms with Crippen LogP contribution in [0.4, 0.5) is 0 Å². The summed E-state index contributed by atoms with van der Waals surface area (Å²) in [5.74, 6) is -0.368. The maximum atomic E-state index is 13.6. The Morgan fingerprint density at radius 2 is 1.48 bits per heavy atom. The van der Waals surface area contributed by atoms with Crippen molar-refractivity contribution in [3.8, 4) is 0 Å². The lowest BCUT2D eigenvalue weighted by atomic mass is 10.0. The number of benzene rings is 3. The van der Waals surface area contributed by atoms with Crippen molar-refractivity contribution in [2.24, 2.45) is 0 Å². The van der Waals surface area contributed by atoms with E-state index in [-0.39, 0.29) is 38.9 Å². The van der Waals surface area contributed by atoms with Gasteiger partial charge in [0.2, 0.25) is 0 Å². The highest BCUT2D eigenvalue weighted by molar-refractivity contribution is 7.83. The van der Waals surface area contributed by atoms with Crippen LogP contribution in [-0.2, 0) is 9.09 Å². The highest BCUT2D eigenvalue weighted by Gasteiger charge is 2.39. The Labute approximate surface area is 178 Å². The molecule has 0 N–H and O–H groups in total. The lowest BCUT2D eigenvalue weighted by Gasteiger charge is -2.19. The summed E-state index contributed by atoms with van der Waals surface area (Å²) in [7, 11) is -3.98. The van der Waals surface area contributed by atoms with Crippen LogP contribution >= 0.6 is 30.6 Å². The lowest BCUT2D eigenvalue weighted by Crippen LogP contribution is -2.17. The average Bonchev–Trinajstić information content (AvgIpc) is 2.74. The molecular weight excluding hydrogens is 430 g/mol. The first kappa shape index (κ1) is 21.5. The van der Waals surface area contributed by atoms with Gasteiger partial charge in [0.25, 0.3) is 5.52 Å². The number of hydrogen-bond acceptors (Lipinski definition) is 4. The van der Waals surface area contributed by atoms with Gasteiger partial charge in [-0.1, -0.05) is 71.7 Å². The first-order valence-corrected chi connectivity index (χ1v) is 11.2. The van der Waals surface area contributed by atoms with Crippen LogP contribution in [0.15, 0.2) is 72.8 Å². The van der Waals surface area contributed by atoms with Gasteiger partial charge < -0.3 is 4.52 Å². The molecular formula is C22H17Cl2O4P. The van der Waals surface area contributed by atoms with Gasteiger partial charge in [0.1, 0.15) is 0 Å². The Morgan fingerprint density at radius 3 is 2.07 bits per heavy atom. The van der Waals surface area contributed by atoms with Crippen molar-refractivity contribution >= 4 is 47.2 Å². The molecule has 0 aromatic heterocycles. The molecule has 0 spiro atoms. The second-order valence-corrected chi connectivity index (χ2v) is 9.16. The van der Waals surface area contributed by atoms with Gasteiger partial charge >= 0.3 is 7.37 Å². The Bertz CT molecular complexity index is 1100. The maximum Gasteiger partial charge on any atom is 0.300 e. The van der Waals surface area contributed by atoms with Crippen LogP contribution < -0.4 is 5.30 Å². The SMILES string of the molecule is CCOP(=O)(C(=O)c1c(Cl)ccc(C(=O)c2ccccc2)c1Cl)c1ccccc1. The van der Waals surface area contributed by atoms with E-state index in [1.165, 1.54) is 12.1 Å². The average molecular weight is 447 g/mol. The van der Waals surface area contributed by atoms with E-state index < -0.39 is 12.9 Å². The zero-order chi connectivity index (χ0) is 21.0. The Hall–Kier alpha value is -2.23. The molecule has 0 heterocycles. The molecule has 4 nitrogen and oxygen atoms in total. The zero-order valence-corrected chi connectivity index (χ0v) is 17.9. The van der Waals surface area contributed by atoms with Gasteiger partial charge in [-0.25, -0.2) is 0 Å². The smallest absolute Gasteiger partial charge is 0.300 e. The molecule has 0 fully saturated rings. The number of carbonyl (C=O) groups excluding carboxylic acids is 2. The van der Waals surface area contributed by atoms with Crippen molar-refractivity contribution in [1.82, 2.24) is 0 Å². The molecule has 0 saturated heterocycles. The molecule has 0 saturated carbocycles. The minimum Gasteiger partial charge on any atom is -0.320 e. The number of halogens is 2. The monoisotopic (exact) mass is 446 g/mol. The Balaban J connectivity index is 2.14. The first-order chi connectivity index (χ1) is 13.9. The second kappa shape index (κ2) is 9.06. The van der Waals surface area contributed by atoms with Crippen molar-refractivity contribution in [1.29, 1.82) is 0 Å². The third kappa shape index (κ3) is 4.22. The van der Waals surface area contributed by atoms with Crippen LogP contribution in [-0.4, -0.2) is 17.9 Å². The van der Waals surface area contributed by atoms with E-state index in [1.807, 2.05) is 0 Å². The van der Waals surface area contributed by atoms with Gasteiger partial charge in [-0.3, -0.25) is 14.2 Å². The lowest BCUT2D eigenvalue weighted by molar-refractivity contribution is 0.103. The van der Waals surface area contributed by atoms with Crippen LogP contribution in [0.1, 0.15) is 33.2 Å². The molecule has 3 aromatic rings. The Kier molecular flexibility index (Phi) is 6.71. The minimum atomic E-state index is -3.98. The number of carbonyl (C=O) groups is 2. The van der Waals surface area contributed by atoms with Crippen molar-refractivity contribution in [3.63, 3.8) is 0 Å². The normalized spacial score (nSPS) is 12.9. The van der Waals surface area contributed by atoms with E-state index in [2.05, 4.69) is 0 Å². The molecule has 3 aromatic carbocycles. The topological polar surface area (TPSA) is 60.4 Å². The summed E-state index contributed by atoms with van der Waals surface area (Å²) in [5.41, 5.74) is -0.521. The fraction of sp³-hybridized carbons (Fsp3) is 0.0909. The van der Waals surface area contributed by atoms with Gasteiger partial charge in [0, 0.05) is 16.4 Å². The van der Waals surface area contributed by atoms with Gasteiger partial charge in [-0.15, -0.1) is 0 Å². The Morgan fingerprint density at radius 1 is 0.897 bits per heavy atom. The quantitative estimate of drug-likeness (QED) is 0.329. The highest BCUT2D eigenvalue weighted by atomic mass is 35.5. The van der Waals surface area contributed by atoms with E-state index in [1.54, 1.807) is 67.6 Å². The van der Waals surface area contributed by atoms with Gasteiger partial charge in [0.15, 0.2) is 5.78 Å². The molecule has 0 amide bonds. The van der Waals surface area contributed by atoms with E-state index in [9.17, 15) is 14.2 Å². The van der Waals surface area contributed by atoms with Crippen molar-refractivity contribution in [2.75, 3.05) is 6.61 Å². The van der Waals surface area contributed by atoms with E-state index in [0.717, 1.165) is 0 Å². The number of ketones is 1. The summed E-state index contributed by atoms with van der Waals surface area (Å²) in [5, 5.41) is 0.0893. The van der Waals surface area contributed by atoms with E-state index in [4.69, 9.17) is 27.7 Å². The third-order valence-corrected chi connectivity index (χ3v) is 7.33. The highest BCUT2D eigenvalue weighted by Crippen LogP contribution is 2.51. The van der Waals surface area contributed by atoms with Gasteiger partial charge in [0.05, 0.1) is 22.2 Å². The van der Waals surface area contributed by atoms with Crippen molar-refractivity contribution in [3.05, 3.63) is 99.5 Å².